The lowest BCUT2D eigenvalue weighted by Gasteiger charge is -2.30. The van der Waals surface area contributed by atoms with Crippen molar-refractivity contribution < 1.29 is 13.2 Å². The first-order chi connectivity index (χ1) is 13.9. The molecule has 0 spiro atoms. The molecule has 3 heterocycles. The molecular formula is C19H21N5O3S2. The average molecular weight is 432 g/mol. The van der Waals surface area contributed by atoms with Crippen LogP contribution >= 0.6 is 11.3 Å². The highest BCUT2D eigenvalue weighted by Crippen LogP contribution is 2.25. The minimum Gasteiger partial charge on any atom is -0.346 e. The summed E-state index contributed by atoms with van der Waals surface area (Å²) in [6.45, 7) is 0.798. The number of carbonyl (C=O) groups is 1. The highest BCUT2D eigenvalue weighted by molar-refractivity contribution is 7.88. The zero-order chi connectivity index (χ0) is 20.4. The smallest absolute Gasteiger partial charge is 0.291 e. The van der Waals surface area contributed by atoms with Crippen LogP contribution in [0, 0.1) is 0 Å². The van der Waals surface area contributed by atoms with E-state index in [1.54, 1.807) is 4.68 Å². The first kappa shape index (κ1) is 19.7. The number of rotatable bonds is 5. The number of para-hydroxylation sites is 1. The molecular weight excluding hydrogens is 410 g/mol. The standard InChI is InChI=1S/C19H21N5O3S2/c1-29(26,27)23-11-9-14(10-12-23)20-19(25)17-21-18(16-8-5-13-28-16)24(22-17)15-6-3-2-4-7-15/h2-8,13-14H,9-12H2,1H3,(H,20,25). The van der Waals surface area contributed by atoms with Crippen molar-refractivity contribution in [3.8, 4) is 16.4 Å². The topological polar surface area (TPSA) is 97.2 Å². The SMILES string of the molecule is CS(=O)(=O)N1CCC(NC(=O)c2nc(-c3cccs3)n(-c3ccccc3)n2)CC1. The van der Waals surface area contributed by atoms with E-state index in [0.29, 0.717) is 31.8 Å². The fraction of sp³-hybridized carbons (Fsp3) is 0.316. The quantitative estimate of drug-likeness (QED) is 0.668. The number of piperidine rings is 1. The molecule has 29 heavy (non-hydrogen) atoms. The van der Waals surface area contributed by atoms with Gasteiger partial charge in [-0.1, -0.05) is 24.3 Å². The Bertz CT molecular complexity index is 1090. The van der Waals surface area contributed by atoms with Crippen LogP contribution in [-0.4, -0.2) is 58.8 Å². The molecule has 1 N–H and O–H groups in total. The van der Waals surface area contributed by atoms with Gasteiger partial charge in [-0.2, -0.15) is 0 Å². The van der Waals surface area contributed by atoms with E-state index >= 15 is 0 Å². The summed E-state index contributed by atoms with van der Waals surface area (Å²) in [6.07, 6.45) is 2.34. The van der Waals surface area contributed by atoms with Crippen LogP contribution in [0.2, 0.25) is 0 Å². The molecule has 1 aromatic carbocycles. The van der Waals surface area contributed by atoms with Gasteiger partial charge in [-0.15, -0.1) is 16.4 Å². The van der Waals surface area contributed by atoms with Gasteiger partial charge in [0.2, 0.25) is 15.8 Å². The molecule has 8 nitrogen and oxygen atoms in total. The zero-order valence-corrected chi connectivity index (χ0v) is 17.5. The summed E-state index contributed by atoms with van der Waals surface area (Å²) in [7, 11) is -3.19. The number of carbonyl (C=O) groups excluding carboxylic acids is 1. The molecule has 0 radical (unpaired) electrons. The van der Waals surface area contributed by atoms with E-state index in [1.807, 2.05) is 47.8 Å². The molecule has 1 fully saturated rings. The number of thiophene rings is 1. The number of nitrogens with zero attached hydrogens (tertiary/aromatic N) is 4. The van der Waals surface area contributed by atoms with Crippen LogP contribution < -0.4 is 5.32 Å². The van der Waals surface area contributed by atoms with E-state index in [-0.39, 0.29) is 17.8 Å². The maximum atomic E-state index is 12.8. The Hall–Kier alpha value is -2.56. The van der Waals surface area contributed by atoms with E-state index in [1.165, 1.54) is 21.9 Å². The van der Waals surface area contributed by atoms with Gasteiger partial charge in [-0.25, -0.2) is 22.4 Å². The Kier molecular flexibility index (Phi) is 5.48. The Morgan fingerprint density at radius 2 is 1.86 bits per heavy atom. The van der Waals surface area contributed by atoms with Crippen molar-refractivity contribution in [1.82, 2.24) is 24.4 Å². The minimum atomic E-state index is -3.19. The molecule has 0 bridgehead atoms. The molecule has 1 saturated heterocycles. The van der Waals surface area contributed by atoms with E-state index < -0.39 is 10.0 Å². The second-order valence-electron chi connectivity index (χ2n) is 6.89. The summed E-state index contributed by atoms with van der Waals surface area (Å²) in [5.41, 5.74) is 0.823. The van der Waals surface area contributed by atoms with Crippen LogP contribution in [0.25, 0.3) is 16.4 Å². The molecule has 1 amide bonds. The summed E-state index contributed by atoms with van der Waals surface area (Å²) in [5.74, 6) is 0.362. The van der Waals surface area contributed by atoms with Crippen molar-refractivity contribution in [3.05, 3.63) is 53.7 Å². The number of nitrogens with one attached hydrogen (secondary N) is 1. The van der Waals surface area contributed by atoms with E-state index in [2.05, 4.69) is 15.4 Å². The van der Waals surface area contributed by atoms with E-state index in [9.17, 15) is 13.2 Å². The first-order valence-electron chi connectivity index (χ1n) is 9.24. The lowest BCUT2D eigenvalue weighted by molar-refractivity contribution is 0.0913. The van der Waals surface area contributed by atoms with Crippen LogP contribution in [0.15, 0.2) is 47.8 Å². The molecule has 0 atom stereocenters. The van der Waals surface area contributed by atoms with E-state index in [4.69, 9.17) is 0 Å². The fourth-order valence-corrected chi connectivity index (χ4v) is 4.88. The lowest BCUT2D eigenvalue weighted by atomic mass is 10.1. The lowest BCUT2D eigenvalue weighted by Crippen LogP contribution is -2.46. The van der Waals surface area contributed by atoms with Gasteiger partial charge in [0.15, 0.2) is 5.82 Å². The van der Waals surface area contributed by atoms with Gasteiger partial charge in [0.25, 0.3) is 5.91 Å². The van der Waals surface area contributed by atoms with Gasteiger partial charge in [-0.05, 0) is 36.4 Å². The maximum Gasteiger partial charge on any atom is 0.291 e. The normalized spacial score (nSPS) is 16.0. The number of hydrogen-bond acceptors (Lipinski definition) is 6. The third-order valence-electron chi connectivity index (χ3n) is 4.81. The van der Waals surface area contributed by atoms with Crippen LogP contribution in [0.3, 0.4) is 0 Å². The van der Waals surface area contributed by atoms with Crippen molar-refractivity contribution in [1.29, 1.82) is 0 Å². The summed E-state index contributed by atoms with van der Waals surface area (Å²) in [6, 6.07) is 13.3. The van der Waals surface area contributed by atoms with Crippen LogP contribution in [0.1, 0.15) is 23.5 Å². The van der Waals surface area contributed by atoms with Gasteiger partial charge < -0.3 is 5.32 Å². The van der Waals surface area contributed by atoms with Gasteiger partial charge in [0.1, 0.15) is 0 Å². The van der Waals surface area contributed by atoms with Crippen molar-refractivity contribution in [2.45, 2.75) is 18.9 Å². The number of benzene rings is 1. The Morgan fingerprint density at radius 3 is 2.48 bits per heavy atom. The molecule has 152 valence electrons. The van der Waals surface area contributed by atoms with Crippen molar-refractivity contribution in [2.24, 2.45) is 0 Å². The summed E-state index contributed by atoms with van der Waals surface area (Å²) in [5, 5.41) is 9.35. The summed E-state index contributed by atoms with van der Waals surface area (Å²) < 4.78 is 26.4. The Balaban J connectivity index is 1.54. The molecule has 10 heteroatoms. The molecule has 1 aliphatic rings. The predicted molar refractivity (Wildman–Crippen MR) is 112 cm³/mol. The number of aromatic nitrogens is 3. The largest absolute Gasteiger partial charge is 0.346 e. The zero-order valence-electron chi connectivity index (χ0n) is 15.9. The summed E-state index contributed by atoms with van der Waals surface area (Å²) in [4.78, 5) is 18.2. The number of amides is 1. The van der Waals surface area contributed by atoms with Crippen LogP contribution in [0.5, 0.6) is 0 Å². The first-order valence-corrected chi connectivity index (χ1v) is 12.0. The highest BCUT2D eigenvalue weighted by Gasteiger charge is 2.27. The predicted octanol–water partition coefficient (Wildman–Crippen LogP) is 2.15. The Morgan fingerprint density at radius 1 is 1.14 bits per heavy atom. The Labute approximate surface area is 173 Å². The molecule has 0 saturated carbocycles. The maximum absolute atomic E-state index is 12.8. The van der Waals surface area contributed by atoms with Crippen LogP contribution in [-0.2, 0) is 10.0 Å². The van der Waals surface area contributed by atoms with Gasteiger partial charge in [-0.3, -0.25) is 4.79 Å². The van der Waals surface area contributed by atoms with E-state index in [0.717, 1.165) is 10.6 Å². The van der Waals surface area contributed by atoms with Crippen molar-refractivity contribution in [2.75, 3.05) is 19.3 Å². The number of sulfonamides is 1. The van der Waals surface area contributed by atoms with Crippen LogP contribution in [0.4, 0.5) is 0 Å². The van der Waals surface area contributed by atoms with Gasteiger partial charge in [0.05, 0.1) is 16.8 Å². The molecule has 0 unspecified atom stereocenters. The average Bonchev–Trinajstić information content (AvgIpc) is 3.38. The third-order valence-corrected chi connectivity index (χ3v) is 6.98. The third kappa shape index (κ3) is 4.39. The van der Waals surface area contributed by atoms with Gasteiger partial charge >= 0.3 is 0 Å². The number of hydrogen-bond donors (Lipinski definition) is 1. The minimum absolute atomic E-state index is 0.0998. The second-order valence-corrected chi connectivity index (χ2v) is 9.82. The molecule has 4 rings (SSSR count). The van der Waals surface area contributed by atoms with Crippen molar-refractivity contribution >= 4 is 27.3 Å². The molecule has 3 aromatic rings. The summed E-state index contributed by atoms with van der Waals surface area (Å²) >= 11 is 1.53. The fourth-order valence-electron chi connectivity index (χ4n) is 3.30. The monoisotopic (exact) mass is 431 g/mol. The molecule has 0 aliphatic carbocycles. The molecule has 2 aromatic heterocycles. The van der Waals surface area contributed by atoms with Crippen molar-refractivity contribution in [3.63, 3.8) is 0 Å². The second kappa shape index (κ2) is 8.05. The highest BCUT2D eigenvalue weighted by atomic mass is 32.2. The van der Waals surface area contributed by atoms with Gasteiger partial charge in [0, 0.05) is 19.1 Å². The molecule has 1 aliphatic heterocycles.